The molecular weight excluding hydrogens is 398 g/mol. The predicted octanol–water partition coefficient (Wildman–Crippen LogP) is 5.67. The van der Waals surface area contributed by atoms with Crippen LogP contribution in [0.25, 0.3) is 22.7 Å². The fourth-order valence-corrected chi connectivity index (χ4v) is 4.01. The summed E-state index contributed by atoms with van der Waals surface area (Å²) in [4.78, 5) is 8.98. The van der Waals surface area contributed by atoms with Gasteiger partial charge in [-0.05, 0) is 48.0 Å². The lowest BCUT2D eigenvalue weighted by Crippen LogP contribution is -1.84. The van der Waals surface area contributed by atoms with Crippen LogP contribution in [0.15, 0.2) is 59.1 Å². The van der Waals surface area contributed by atoms with E-state index in [0.717, 1.165) is 21.8 Å². The molecule has 0 bridgehead atoms. The van der Waals surface area contributed by atoms with Crippen molar-refractivity contribution in [3.05, 3.63) is 82.6 Å². The molecule has 2 aromatic carbocycles. The number of aromatic nitrogens is 4. The van der Waals surface area contributed by atoms with E-state index in [-0.39, 0.29) is 11.6 Å². The zero-order valence-electron chi connectivity index (χ0n) is 14.5. The summed E-state index contributed by atoms with van der Waals surface area (Å²) in [5.74, 6) is 0.735. The molecule has 4 nitrogen and oxygen atoms in total. The molecule has 0 fully saturated rings. The molecule has 0 atom stereocenters. The number of thioether (sulfide) groups is 1. The van der Waals surface area contributed by atoms with Crippen LogP contribution >= 0.6 is 23.1 Å². The Labute approximate surface area is 168 Å². The van der Waals surface area contributed by atoms with E-state index in [4.69, 9.17) is 0 Å². The molecular formula is C20H14F2N4S2. The van der Waals surface area contributed by atoms with Crippen molar-refractivity contribution in [3.63, 3.8) is 0 Å². The zero-order chi connectivity index (χ0) is 19.3. The summed E-state index contributed by atoms with van der Waals surface area (Å²) in [5, 5.41) is 10.5. The molecule has 0 spiro atoms. The van der Waals surface area contributed by atoms with Gasteiger partial charge in [-0.15, -0.1) is 16.4 Å². The summed E-state index contributed by atoms with van der Waals surface area (Å²) in [6.07, 6.45) is 3.63. The van der Waals surface area contributed by atoms with E-state index < -0.39 is 0 Å². The van der Waals surface area contributed by atoms with Gasteiger partial charge in [0.1, 0.15) is 22.5 Å². The van der Waals surface area contributed by atoms with Crippen LogP contribution < -0.4 is 0 Å². The minimum Gasteiger partial charge on any atom is -0.259 e. The average molecular weight is 412 g/mol. The quantitative estimate of drug-likeness (QED) is 0.415. The molecule has 0 amide bonds. The number of rotatable bonds is 6. The molecule has 0 aliphatic carbocycles. The normalized spacial score (nSPS) is 11.4. The number of H-pyrrole nitrogens is 1. The second-order valence-electron chi connectivity index (χ2n) is 5.83. The van der Waals surface area contributed by atoms with Gasteiger partial charge in [-0.3, -0.25) is 5.10 Å². The summed E-state index contributed by atoms with van der Waals surface area (Å²) >= 11 is 3.00. The monoisotopic (exact) mass is 412 g/mol. The minimum absolute atomic E-state index is 0.259. The topological polar surface area (TPSA) is 54.5 Å². The molecule has 2 heterocycles. The summed E-state index contributed by atoms with van der Waals surface area (Å²) in [6, 6.07) is 12.5. The number of nitrogens with zero attached hydrogens (tertiary/aromatic N) is 3. The Bertz CT molecular complexity index is 1090. The van der Waals surface area contributed by atoms with Gasteiger partial charge in [0.15, 0.2) is 0 Å². The SMILES string of the molecule is Fc1ccc(/C=C/c2nc(SCc3csc(-c4ccc(F)cc4)n3)n[nH]2)cc1. The summed E-state index contributed by atoms with van der Waals surface area (Å²) in [6.45, 7) is 0. The maximum Gasteiger partial charge on any atom is 0.209 e. The molecule has 0 unspecified atom stereocenters. The number of hydrogen-bond donors (Lipinski definition) is 1. The van der Waals surface area contributed by atoms with Crippen molar-refractivity contribution >= 4 is 35.3 Å². The van der Waals surface area contributed by atoms with E-state index in [2.05, 4.69) is 20.2 Å². The summed E-state index contributed by atoms with van der Waals surface area (Å²) in [7, 11) is 0. The van der Waals surface area contributed by atoms with E-state index in [9.17, 15) is 8.78 Å². The van der Waals surface area contributed by atoms with Crippen molar-refractivity contribution in [2.24, 2.45) is 0 Å². The molecule has 4 aromatic rings. The third kappa shape index (κ3) is 4.71. The first-order valence-corrected chi connectivity index (χ1v) is 10.2. The molecule has 0 saturated carbocycles. The molecule has 28 heavy (non-hydrogen) atoms. The number of thiazole rings is 1. The van der Waals surface area contributed by atoms with Crippen molar-refractivity contribution in [1.82, 2.24) is 20.2 Å². The van der Waals surface area contributed by atoms with Gasteiger partial charge >= 0.3 is 0 Å². The molecule has 4 rings (SSSR count). The lowest BCUT2D eigenvalue weighted by Gasteiger charge is -1.95. The van der Waals surface area contributed by atoms with Gasteiger partial charge in [0.25, 0.3) is 0 Å². The summed E-state index contributed by atoms with van der Waals surface area (Å²) < 4.78 is 25.9. The van der Waals surface area contributed by atoms with E-state index in [1.165, 1.54) is 47.4 Å². The average Bonchev–Trinajstić information content (AvgIpc) is 3.36. The van der Waals surface area contributed by atoms with Crippen LogP contribution in [0.5, 0.6) is 0 Å². The van der Waals surface area contributed by atoms with Crippen LogP contribution in [-0.2, 0) is 5.75 Å². The van der Waals surface area contributed by atoms with Crippen LogP contribution in [0, 0.1) is 11.6 Å². The lowest BCUT2D eigenvalue weighted by atomic mass is 10.2. The third-order valence-corrected chi connectivity index (χ3v) is 5.60. The third-order valence-electron chi connectivity index (χ3n) is 3.78. The Hall–Kier alpha value is -2.84. The van der Waals surface area contributed by atoms with Gasteiger partial charge in [0, 0.05) is 16.7 Å². The fraction of sp³-hybridized carbons (Fsp3) is 0.0500. The van der Waals surface area contributed by atoms with Crippen molar-refractivity contribution in [2.75, 3.05) is 0 Å². The lowest BCUT2D eigenvalue weighted by molar-refractivity contribution is 0.627. The molecule has 0 aliphatic heterocycles. The standard InChI is InChI=1S/C20H14F2N4S2/c21-15-6-1-13(2-7-15)3-10-18-24-20(26-25-18)28-12-17-11-27-19(23-17)14-4-8-16(22)9-5-14/h1-11H,12H2,(H,24,25,26)/b10-3+. The number of nitrogens with one attached hydrogen (secondary N) is 1. The predicted molar refractivity (Wildman–Crippen MR) is 109 cm³/mol. The van der Waals surface area contributed by atoms with Crippen LogP contribution in [-0.4, -0.2) is 20.2 Å². The van der Waals surface area contributed by atoms with Crippen LogP contribution in [0.3, 0.4) is 0 Å². The Kier molecular flexibility index (Phi) is 5.59. The van der Waals surface area contributed by atoms with Gasteiger partial charge in [-0.25, -0.2) is 18.7 Å². The molecule has 0 saturated heterocycles. The zero-order valence-corrected chi connectivity index (χ0v) is 16.1. The number of halogens is 2. The van der Waals surface area contributed by atoms with Gasteiger partial charge in [-0.1, -0.05) is 30.0 Å². The van der Waals surface area contributed by atoms with Crippen LogP contribution in [0.2, 0.25) is 0 Å². The Balaban J connectivity index is 1.36. The van der Waals surface area contributed by atoms with Crippen molar-refractivity contribution in [2.45, 2.75) is 10.9 Å². The van der Waals surface area contributed by atoms with Crippen LogP contribution in [0.1, 0.15) is 17.1 Å². The first kappa shape index (κ1) is 18.5. The number of aromatic amines is 1. The highest BCUT2D eigenvalue weighted by Crippen LogP contribution is 2.27. The Morgan fingerprint density at radius 1 is 0.929 bits per heavy atom. The van der Waals surface area contributed by atoms with Crippen LogP contribution in [0.4, 0.5) is 8.78 Å². The number of benzene rings is 2. The molecule has 0 aliphatic rings. The fourth-order valence-electron chi connectivity index (χ4n) is 2.38. The summed E-state index contributed by atoms with van der Waals surface area (Å²) in [5.41, 5.74) is 2.69. The molecule has 0 radical (unpaired) electrons. The highest BCUT2D eigenvalue weighted by atomic mass is 32.2. The largest absolute Gasteiger partial charge is 0.259 e. The second kappa shape index (κ2) is 8.45. The van der Waals surface area contributed by atoms with Crippen molar-refractivity contribution < 1.29 is 8.78 Å². The molecule has 1 N–H and O–H groups in total. The molecule has 140 valence electrons. The van der Waals surface area contributed by atoms with Crippen molar-refractivity contribution in [1.29, 1.82) is 0 Å². The smallest absolute Gasteiger partial charge is 0.209 e. The van der Waals surface area contributed by atoms with E-state index in [1.54, 1.807) is 30.3 Å². The Morgan fingerprint density at radius 3 is 2.39 bits per heavy atom. The van der Waals surface area contributed by atoms with E-state index in [0.29, 0.717) is 16.7 Å². The second-order valence-corrected chi connectivity index (χ2v) is 7.63. The molecule has 8 heteroatoms. The maximum atomic E-state index is 13.0. The minimum atomic E-state index is -0.264. The van der Waals surface area contributed by atoms with Gasteiger partial charge in [0.05, 0.1) is 5.69 Å². The van der Waals surface area contributed by atoms with Crippen molar-refractivity contribution in [3.8, 4) is 10.6 Å². The molecule has 2 aromatic heterocycles. The maximum absolute atomic E-state index is 13.0. The Morgan fingerprint density at radius 2 is 1.64 bits per heavy atom. The number of hydrogen-bond acceptors (Lipinski definition) is 5. The van der Waals surface area contributed by atoms with E-state index in [1.807, 2.05) is 11.5 Å². The van der Waals surface area contributed by atoms with Gasteiger partial charge < -0.3 is 0 Å². The van der Waals surface area contributed by atoms with Gasteiger partial charge in [-0.2, -0.15) is 0 Å². The highest BCUT2D eigenvalue weighted by Gasteiger charge is 2.08. The van der Waals surface area contributed by atoms with Gasteiger partial charge in [0.2, 0.25) is 5.16 Å². The first-order valence-electron chi connectivity index (χ1n) is 8.35. The highest BCUT2D eigenvalue weighted by molar-refractivity contribution is 7.98. The first-order chi connectivity index (χ1) is 13.7. The van der Waals surface area contributed by atoms with E-state index >= 15 is 0 Å².